The van der Waals surface area contributed by atoms with E-state index in [4.69, 9.17) is 10.3 Å². The Morgan fingerprint density at radius 2 is 1.95 bits per heavy atom. The molecule has 6 nitrogen and oxygen atoms in total. The van der Waals surface area contributed by atoms with Crippen LogP contribution in [0.5, 0.6) is 5.75 Å². The molecule has 0 amide bonds. The second-order valence-corrected chi connectivity index (χ2v) is 4.63. The number of aromatic nitrogens is 2. The van der Waals surface area contributed by atoms with Crippen LogP contribution in [0.3, 0.4) is 0 Å². The third kappa shape index (κ3) is 2.28. The van der Waals surface area contributed by atoms with Crippen LogP contribution in [-0.2, 0) is 0 Å². The van der Waals surface area contributed by atoms with E-state index in [0.29, 0.717) is 5.95 Å². The number of nitrogens with zero attached hydrogens (tertiary/aromatic N) is 5. The zero-order valence-electron chi connectivity index (χ0n) is 11.7. The van der Waals surface area contributed by atoms with Gasteiger partial charge in [0.15, 0.2) is 0 Å². The summed E-state index contributed by atoms with van der Waals surface area (Å²) in [6.07, 6.45) is 0. The van der Waals surface area contributed by atoms with Crippen molar-refractivity contribution in [2.24, 2.45) is 5.11 Å². The Morgan fingerprint density at radius 1 is 1.19 bits per heavy atom. The molecular weight excluding hydrogens is 266 g/mol. The maximum Gasteiger partial charge on any atom is 0.202 e. The summed E-state index contributed by atoms with van der Waals surface area (Å²) in [6.45, 7) is 2.01. The van der Waals surface area contributed by atoms with Gasteiger partial charge >= 0.3 is 0 Å². The molecule has 0 saturated carbocycles. The molecule has 0 radical (unpaired) electrons. The van der Waals surface area contributed by atoms with Gasteiger partial charge in [0.25, 0.3) is 0 Å². The summed E-state index contributed by atoms with van der Waals surface area (Å²) < 4.78 is 7.00. The number of hydrogen-bond donors (Lipinski definition) is 0. The predicted octanol–water partition coefficient (Wildman–Crippen LogP) is 4.28. The molecule has 2 aromatic carbocycles. The van der Waals surface area contributed by atoms with Crippen molar-refractivity contribution >= 4 is 17.0 Å². The van der Waals surface area contributed by atoms with Gasteiger partial charge in [-0.15, -0.1) is 0 Å². The van der Waals surface area contributed by atoms with E-state index in [1.807, 2.05) is 54.0 Å². The molecular formula is C15H13N5O. The molecule has 6 heteroatoms. The SMILES string of the molecule is COc1ccc(-n2c(N=[N+]=[N-])nc3ccc(C)cc32)cc1. The van der Waals surface area contributed by atoms with Crippen molar-refractivity contribution in [2.45, 2.75) is 6.92 Å². The minimum Gasteiger partial charge on any atom is -0.497 e. The van der Waals surface area contributed by atoms with Gasteiger partial charge in [-0.25, -0.2) is 4.98 Å². The smallest absolute Gasteiger partial charge is 0.202 e. The van der Waals surface area contributed by atoms with Crippen molar-refractivity contribution in [3.8, 4) is 11.4 Å². The zero-order valence-corrected chi connectivity index (χ0v) is 11.7. The molecule has 1 heterocycles. The molecule has 0 unspecified atom stereocenters. The van der Waals surface area contributed by atoms with Crippen molar-refractivity contribution in [3.63, 3.8) is 0 Å². The van der Waals surface area contributed by atoms with Crippen LogP contribution in [0.1, 0.15) is 5.56 Å². The minimum absolute atomic E-state index is 0.322. The lowest BCUT2D eigenvalue weighted by atomic mass is 10.2. The van der Waals surface area contributed by atoms with E-state index in [-0.39, 0.29) is 0 Å². The number of rotatable bonds is 3. The van der Waals surface area contributed by atoms with E-state index < -0.39 is 0 Å². The van der Waals surface area contributed by atoms with Crippen molar-refractivity contribution in [1.29, 1.82) is 0 Å². The summed E-state index contributed by atoms with van der Waals surface area (Å²) in [5.41, 5.74) is 12.4. The number of benzene rings is 2. The van der Waals surface area contributed by atoms with Crippen LogP contribution in [0.2, 0.25) is 0 Å². The van der Waals surface area contributed by atoms with E-state index in [1.165, 1.54) is 0 Å². The first-order chi connectivity index (χ1) is 10.2. The first-order valence-corrected chi connectivity index (χ1v) is 6.41. The van der Waals surface area contributed by atoms with Gasteiger partial charge < -0.3 is 4.74 Å². The van der Waals surface area contributed by atoms with E-state index in [1.54, 1.807) is 7.11 Å². The highest BCUT2D eigenvalue weighted by Crippen LogP contribution is 2.28. The third-order valence-corrected chi connectivity index (χ3v) is 3.26. The van der Waals surface area contributed by atoms with Crippen LogP contribution in [-0.4, -0.2) is 16.7 Å². The van der Waals surface area contributed by atoms with Gasteiger partial charge in [-0.3, -0.25) is 4.57 Å². The summed E-state index contributed by atoms with van der Waals surface area (Å²) in [5.74, 6) is 1.09. The molecule has 0 atom stereocenters. The number of methoxy groups -OCH3 is 1. The molecule has 0 aliphatic heterocycles. The van der Waals surface area contributed by atoms with E-state index in [2.05, 4.69) is 15.0 Å². The van der Waals surface area contributed by atoms with Gasteiger partial charge in [0.05, 0.1) is 18.1 Å². The third-order valence-electron chi connectivity index (χ3n) is 3.26. The molecule has 3 aromatic rings. The number of azide groups is 1. The van der Waals surface area contributed by atoms with Crippen LogP contribution in [0.4, 0.5) is 5.95 Å². The van der Waals surface area contributed by atoms with Crippen LogP contribution in [0, 0.1) is 6.92 Å². The van der Waals surface area contributed by atoms with Crippen LogP contribution < -0.4 is 4.74 Å². The monoisotopic (exact) mass is 279 g/mol. The highest BCUT2D eigenvalue weighted by atomic mass is 16.5. The molecule has 0 aliphatic rings. The first kappa shape index (κ1) is 13.0. The fourth-order valence-corrected chi connectivity index (χ4v) is 2.27. The highest BCUT2D eigenvalue weighted by Gasteiger charge is 2.11. The molecule has 104 valence electrons. The minimum atomic E-state index is 0.322. The summed E-state index contributed by atoms with van der Waals surface area (Å²) >= 11 is 0. The summed E-state index contributed by atoms with van der Waals surface area (Å²) in [5, 5.41) is 3.69. The Bertz CT molecular complexity index is 844. The summed E-state index contributed by atoms with van der Waals surface area (Å²) in [4.78, 5) is 7.23. The molecule has 0 spiro atoms. The number of fused-ring (bicyclic) bond motifs is 1. The topological polar surface area (TPSA) is 75.8 Å². The fraction of sp³-hybridized carbons (Fsp3) is 0.133. The molecule has 0 saturated heterocycles. The standard InChI is InChI=1S/C15H13N5O/c1-10-3-8-13-14(9-10)20(15(17-13)18-19-16)11-4-6-12(21-2)7-5-11/h3-9H,1-2H3. The van der Waals surface area contributed by atoms with E-state index >= 15 is 0 Å². The molecule has 0 fully saturated rings. The van der Waals surface area contributed by atoms with E-state index in [9.17, 15) is 0 Å². The Morgan fingerprint density at radius 3 is 2.62 bits per heavy atom. The van der Waals surface area contributed by atoms with Gasteiger partial charge in [0.2, 0.25) is 5.95 Å². The van der Waals surface area contributed by atoms with E-state index in [0.717, 1.165) is 28.0 Å². The lowest BCUT2D eigenvalue weighted by Gasteiger charge is -2.08. The lowest BCUT2D eigenvalue weighted by molar-refractivity contribution is 0.415. The van der Waals surface area contributed by atoms with Gasteiger partial charge in [-0.1, -0.05) is 6.07 Å². The molecule has 3 rings (SSSR count). The van der Waals surface area contributed by atoms with Gasteiger partial charge in [0, 0.05) is 10.6 Å². The van der Waals surface area contributed by atoms with Gasteiger partial charge in [-0.05, 0) is 59.5 Å². The largest absolute Gasteiger partial charge is 0.497 e. The summed E-state index contributed by atoms with van der Waals surface area (Å²) in [6, 6.07) is 13.4. The Hall–Kier alpha value is -2.98. The number of imidazole rings is 1. The molecule has 0 bridgehead atoms. The van der Waals surface area contributed by atoms with Crippen molar-refractivity contribution in [2.75, 3.05) is 7.11 Å². The van der Waals surface area contributed by atoms with Gasteiger partial charge in [0.1, 0.15) is 5.75 Å². The lowest BCUT2D eigenvalue weighted by Crippen LogP contribution is -1.94. The fourth-order valence-electron chi connectivity index (χ4n) is 2.27. The van der Waals surface area contributed by atoms with Crippen molar-refractivity contribution in [3.05, 3.63) is 58.5 Å². The van der Waals surface area contributed by atoms with Gasteiger partial charge in [-0.2, -0.15) is 0 Å². The normalized spacial score (nSPS) is 10.4. The quantitative estimate of drug-likeness (QED) is 0.407. The van der Waals surface area contributed by atoms with Crippen LogP contribution in [0.15, 0.2) is 47.6 Å². The number of ether oxygens (including phenoxy) is 1. The molecule has 0 N–H and O–H groups in total. The average Bonchev–Trinajstić information content (AvgIpc) is 2.85. The number of aryl methyl sites for hydroxylation is 1. The second-order valence-electron chi connectivity index (χ2n) is 4.63. The first-order valence-electron chi connectivity index (χ1n) is 6.41. The Labute approximate surface area is 121 Å². The van der Waals surface area contributed by atoms with Crippen LogP contribution in [0.25, 0.3) is 27.2 Å². The second kappa shape index (κ2) is 5.19. The molecule has 21 heavy (non-hydrogen) atoms. The Balaban J connectivity index is 2.29. The predicted molar refractivity (Wildman–Crippen MR) is 81.2 cm³/mol. The summed E-state index contributed by atoms with van der Waals surface area (Å²) in [7, 11) is 1.62. The van der Waals surface area contributed by atoms with Crippen LogP contribution >= 0.6 is 0 Å². The highest BCUT2D eigenvalue weighted by molar-refractivity contribution is 5.81. The van der Waals surface area contributed by atoms with Crippen molar-refractivity contribution < 1.29 is 4.74 Å². The maximum atomic E-state index is 8.74. The molecule has 1 aromatic heterocycles. The zero-order chi connectivity index (χ0) is 14.8. The average molecular weight is 279 g/mol. The maximum absolute atomic E-state index is 8.74. The Kier molecular flexibility index (Phi) is 3.22. The number of hydrogen-bond acceptors (Lipinski definition) is 3. The van der Waals surface area contributed by atoms with Crippen molar-refractivity contribution in [1.82, 2.24) is 9.55 Å². The molecule has 0 aliphatic carbocycles.